The van der Waals surface area contributed by atoms with E-state index in [1.165, 1.54) is 17.4 Å². The molecule has 0 spiro atoms. The van der Waals surface area contributed by atoms with E-state index in [1.54, 1.807) is 25.3 Å². The van der Waals surface area contributed by atoms with Gasteiger partial charge < -0.3 is 4.74 Å². The molecule has 0 aliphatic heterocycles. The Morgan fingerprint density at radius 1 is 1.15 bits per heavy atom. The third kappa shape index (κ3) is 5.15. The summed E-state index contributed by atoms with van der Waals surface area (Å²) in [6.45, 7) is 0. The highest BCUT2D eigenvalue weighted by molar-refractivity contribution is 7.15. The predicted molar refractivity (Wildman–Crippen MR) is 105 cm³/mol. The maximum Gasteiger partial charge on any atom is 0.250 e. The van der Waals surface area contributed by atoms with Gasteiger partial charge in [-0.05, 0) is 41.5 Å². The number of hydrogen-bond donors (Lipinski definition) is 1. The van der Waals surface area contributed by atoms with Crippen LogP contribution in [0.4, 0.5) is 5.13 Å². The van der Waals surface area contributed by atoms with E-state index in [-0.39, 0.29) is 5.91 Å². The largest absolute Gasteiger partial charge is 0.497 e. The maximum absolute atomic E-state index is 12.0. The van der Waals surface area contributed by atoms with Crippen LogP contribution in [0.5, 0.6) is 5.75 Å². The lowest BCUT2D eigenvalue weighted by Gasteiger charge is -2.00. The summed E-state index contributed by atoms with van der Waals surface area (Å²) in [5, 5.41) is 12.8. The van der Waals surface area contributed by atoms with Crippen LogP contribution < -0.4 is 10.1 Å². The van der Waals surface area contributed by atoms with Gasteiger partial charge in [0.05, 0.1) is 7.11 Å². The lowest BCUT2D eigenvalue weighted by Crippen LogP contribution is -2.07. The summed E-state index contributed by atoms with van der Waals surface area (Å²) in [5.74, 6) is 0.554. The van der Waals surface area contributed by atoms with Gasteiger partial charge in [0.25, 0.3) is 0 Å². The lowest BCUT2D eigenvalue weighted by atomic mass is 10.1. The first-order chi connectivity index (χ1) is 12.6. The molecule has 7 heteroatoms. The number of halogens is 1. The number of benzene rings is 2. The number of ether oxygens (including phenoxy) is 1. The average Bonchev–Trinajstić information content (AvgIpc) is 3.08. The number of nitrogens with one attached hydrogen (secondary N) is 1. The highest BCUT2D eigenvalue weighted by Crippen LogP contribution is 2.20. The first-order valence-corrected chi connectivity index (χ1v) is 9.02. The standard InChI is InChI=1S/C19H16ClN3O2S/c1-25-16-9-4-14(5-10-16)12-18-22-23-19(26-18)21-17(24)11-6-13-2-7-15(20)8-3-13/h2-11H,12H2,1H3,(H,21,23,24). The fraction of sp³-hybridized carbons (Fsp3) is 0.105. The van der Waals surface area contributed by atoms with E-state index in [2.05, 4.69) is 15.5 Å². The van der Waals surface area contributed by atoms with Gasteiger partial charge in [-0.25, -0.2) is 0 Å². The van der Waals surface area contributed by atoms with Crippen molar-refractivity contribution in [3.05, 3.63) is 75.8 Å². The molecule has 0 aliphatic rings. The molecule has 5 nitrogen and oxygen atoms in total. The van der Waals surface area contributed by atoms with Crippen LogP contribution in [-0.4, -0.2) is 23.2 Å². The Labute approximate surface area is 160 Å². The van der Waals surface area contributed by atoms with Gasteiger partial charge in [-0.15, -0.1) is 10.2 Å². The van der Waals surface area contributed by atoms with Crippen molar-refractivity contribution in [1.29, 1.82) is 0 Å². The fourth-order valence-electron chi connectivity index (χ4n) is 2.19. The number of anilines is 1. The Morgan fingerprint density at radius 2 is 1.88 bits per heavy atom. The number of aromatic nitrogens is 2. The summed E-state index contributed by atoms with van der Waals surface area (Å²) in [6.07, 6.45) is 3.82. The van der Waals surface area contributed by atoms with E-state index in [0.29, 0.717) is 16.6 Å². The molecule has 2 aromatic carbocycles. The zero-order valence-electron chi connectivity index (χ0n) is 14.0. The number of hydrogen-bond acceptors (Lipinski definition) is 5. The summed E-state index contributed by atoms with van der Waals surface area (Å²) in [5.41, 5.74) is 1.99. The molecule has 1 N–H and O–H groups in total. The number of carbonyl (C=O) groups excluding carboxylic acids is 1. The van der Waals surface area contributed by atoms with E-state index in [1.807, 2.05) is 36.4 Å². The summed E-state index contributed by atoms with van der Waals surface area (Å²) in [7, 11) is 1.64. The Hall–Kier alpha value is -2.70. The van der Waals surface area contributed by atoms with Gasteiger partial charge in [0.2, 0.25) is 11.0 Å². The van der Waals surface area contributed by atoms with E-state index in [4.69, 9.17) is 16.3 Å². The molecule has 0 aliphatic carbocycles. The molecule has 132 valence electrons. The summed E-state index contributed by atoms with van der Waals surface area (Å²) >= 11 is 7.19. The molecule has 3 rings (SSSR count). The van der Waals surface area contributed by atoms with Gasteiger partial charge in [0, 0.05) is 17.5 Å². The molecular weight excluding hydrogens is 370 g/mol. The van der Waals surface area contributed by atoms with Crippen molar-refractivity contribution in [3.63, 3.8) is 0 Å². The van der Waals surface area contributed by atoms with E-state index in [0.717, 1.165) is 21.9 Å². The van der Waals surface area contributed by atoms with Crippen LogP contribution >= 0.6 is 22.9 Å². The fourth-order valence-corrected chi connectivity index (χ4v) is 3.09. The normalized spacial score (nSPS) is 10.8. The van der Waals surface area contributed by atoms with Crippen LogP contribution in [0.3, 0.4) is 0 Å². The second-order valence-electron chi connectivity index (χ2n) is 5.40. The molecule has 0 fully saturated rings. The molecule has 26 heavy (non-hydrogen) atoms. The molecule has 0 bridgehead atoms. The van der Waals surface area contributed by atoms with Crippen LogP contribution in [0.25, 0.3) is 6.08 Å². The maximum atomic E-state index is 12.0. The number of amides is 1. The topological polar surface area (TPSA) is 64.1 Å². The van der Waals surface area contributed by atoms with Crippen molar-refractivity contribution in [2.45, 2.75) is 6.42 Å². The molecule has 0 saturated heterocycles. The summed E-state index contributed by atoms with van der Waals surface area (Å²) in [6, 6.07) is 15.0. The highest BCUT2D eigenvalue weighted by Gasteiger charge is 2.07. The number of carbonyl (C=O) groups is 1. The van der Waals surface area contributed by atoms with Crippen molar-refractivity contribution >= 4 is 40.1 Å². The molecule has 0 radical (unpaired) electrons. The van der Waals surface area contributed by atoms with Crippen LogP contribution in [0, 0.1) is 0 Å². The van der Waals surface area contributed by atoms with Gasteiger partial charge in [-0.2, -0.15) is 0 Å². The highest BCUT2D eigenvalue weighted by atomic mass is 35.5. The smallest absolute Gasteiger partial charge is 0.250 e. The third-order valence-electron chi connectivity index (χ3n) is 3.51. The molecule has 0 unspecified atom stereocenters. The minimum Gasteiger partial charge on any atom is -0.497 e. The third-order valence-corrected chi connectivity index (χ3v) is 4.60. The quantitative estimate of drug-likeness (QED) is 0.637. The molecule has 1 heterocycles. The summed E-state index contributed by atoms with van der Waals surface area (Å²) < 4.78 is 5.14. The monoisotopic (exact) mass is 385 g/mol. The van der Waals surface area contributed by atoms with Crippen LogP contribution in [0.2, 0.25) is 5.02 Å². The minimum atomic E-state index is -0.257. The molecule has 1 amide bonds. The Kier molecular flexibility index (Phi) is 5.99. The molecule has 0 saturated carbocycles. The Bertz CT molecular complexity index is 905. The second-order valence-corrected chi connectivity index (χ2v) is 6.90. The average molecular weight is 386 g/mol. The van der Waals surface area contributed by atoms with E-state index >= 15 is 0 Å². The molecule has 0 atom stereocenters. The van der Waals surface area contributed by atoms with Gasteiger partial charge in [0.15, 0.2) is 0 Å². The Balaban J connectivity index is 1.57. The van der Waals surface area contributed by atoms with Crippen molar-refractivity contribution in [3.8, 4) is 5.75 Å². The van der Waals surface area contributed by atoms with E-state index in [9.17, 15) is 4.79 Å². The van der Waals surface area contributed by atoms with Gasteiger partial charge >= 0.3 is 0 Å². The Morgan fingerprint density at radius 3 is 2.58 bits per heavy atom. The van der Waals surface area contributed by atoms with Crippen molar-refractivity contribution < 1.29 is 9.53 Å². The molecule has 3 aromatic rings. The second kappa shape index (κ2) is 8.60. The SMILES string of the molecule is COc1ccc(Cc2nnc(NC(=O)C=Cc3ccc(Cl)cc3)s2)cc1. The molecular formula is C19H16ClN3O2S. The first-order valence-electron chi connectivity index (χ1n) is 7.82. The zero-order valence-corrected chi connectivity index (χ0v) is 15.6. The van der Waals surface area contributed by atoms with E-state index < -0.39 is 0 Å². The number of nitrogens with zero attached hydrogens (tertiary/aromatic N) is 2. The van der Waals surface area contributed by atoms with Crippen LogP contribution in [0.15, 0.2) is 54.6 Å². The van der Waals surface area contributed by atoms with Gasteiger partial charge in [0.1, 0.15) is 10.8 Å². The first kappa shape index (κ1) is 18.1. The van der Waals surface area contributed by atoms with Crippen LogP contribution in [-0.2, 0) is 11.2 Å². The van der Waals surface area contributed by atoms with Gasteiger partial charge in [-0.3, -0.25) is 10.1 Å². The number of rotatable bonds is 6. The lowest BCUT2D eigenvalue weighted by molar-refractivity contribution is -0.111. The van der Waals surface area contributed by atoms with Crippen molar-refractivity contribution in [1.82, 2.24) is 10.2 Å². The predicted octanol–water partition coefficient (Wildman–Crippen LogP) is 4.44. The molecule has 1 aromatic heterocycles. The zero-order chi connectivity index (χ0) is 18.4. The minimum absolute atomic E-state index is 0.257. The van der Waals surface area contributed by atoms with Crippen molar-refractivity contribution in [2.75, 3.05) is 12.4 Å². The van der Waals surface area contributed by atoms with Crippen LogP contribution in [0.1, 0.15) is 16.1 Å². The van der Waals surface area contributed by atoms with Gasteiger partial charge in [-0.1, -0.05) is 47.2 Å². The summed E-state index contributed by atoms with van der Waals surface area (Å²) in [4.78, 5) is 12.0. The van der Waals surface area contributed by atoms with Crippen molar-refractivity contribution in [2.24, 2.45) is 0 Å². The number of methoxy groups -OCH3 is 1.